The van der Waals surface area contributed by atoms with E-state index in [1.165, 1.54) is 6.92 Å². The zero-order valence-electron chi connectivity index (χ0n) is 7.33. The van der Waals surface area contributed by atoms with Gasteiger partial charge in [0.1, 0.15) is 6.61 Å². The lowest BCUT2D eigenvalue weighted by atomic mass is 10.1. The number of hydrogen-bond acceptors (Lipinski definition) is 3. The zero-order valence-corrected chi connectivity index (χ0v) is 7.33. The molecule has 0 spiro atoms. The van der Waals surface area contributed by atoms with E-state index in [9.17, 15) is 9.90 Å². The van der Waals surface area contributed by atoms with E-state index in [1.54, 1.807) is 0 Å². The summed E-state index contributed by atoms with van der Waals surface area (Å²) in [7, 11) is 0. The SMILES string of the molecule is CC(=O)OCC(O)CC(C)C. The highest BCUT2D eigenvalue weighted by Crippen LogP contribution is 2.04. The molecule has 0 amide bonds. The molecular weight excluding hydrogens is 144 g/mol. The Hall–Kier alpha value is -0.570. The number of esters is 1. The normalized spacial score (nSPS) is 13.2. The summed E-state index contributed by atoms with van der Waals surface area (Å²) in [4.78, 5) is 10.3. The van der Waals surface area contributed by atoms with Crippen LogP contribution in [0.15, 0.2) is 0 Å². The Kier molecular flexibility index (Phi) is 4.86. The standard InChI is InChI=1S/C8H16O3/c1-6(2)4-8(10)5-11-7(3)9/h6,8,10H,4-5H2,1-3H3. The second-order valence-electron chi connectivity index (χ2n) is 3.09. The number of carbonyl (C=O) groups is 1. The fraction of sp³-hybridized carbons (Fsp3) is 0.875. The van der Waals surface area contributed by atoms with Crippen LogP contribution in [0.2, 0.25) is 0 Å². The van der Waals surface area contributed by atoms with E-state index in [1.807, 2.05) is 13.8 Å². The van der Waals surface area contributed by atoms with E-state index in [4.69, 9.17) is 0 Å². The Morgan fingerprint density at radius 1 is 1.55 bits per heavy atom. The quantitative estimate of drug-likeness (QED) is 0.623. The van der Waals surface area contributed by atoms with Gasteiger partial charge in [-0.3, -0.25) is 4.79 Å². The van der Waals surface area contributed by atoms with Gasteiger partial charge in [0.15, 0.2) is 0 Å². The molecule has 66 valence electrons. The monoisotopic (exact) mass is 160 g/mol. The molecule has 1 unspecified atom stereocenters. The molecule has 0 rings (SSSR count). The maximum atomic E-state index is 10.3. The van der Waals surface area contributed by atoms with Gasteiger partial charge in [0.05, 0.1) is 6.10 Å². The number of carbonyl (C=O) groups excluding carboxylic acids is 1. The van der Waals surface area contributed by atoms with E-state index in [0.717, 1.165) is 0 Å². The van der Waals surface area contributed by atoms with Gasteiger partial charge in [0.2, 0.25) is 0 Å². The molecule has 0 aliphatic carbocycles. The summed E-state index contributed by atoms with van der Waals surface area (Å²) in [6.07, 6.45) is 0.159. The molecule has 0 saturated carbocycles. The van der Waals surface area contributed by atoms with Crippen molar-refractivity contribution in [2.45, 2.75) is 33.3 Å². The van der Waals surface area contributed by atoms with Crippen LogP contribution in [0.3, 0.4) is 0 Å². The smallest absolute Gasteiger partial charge is 0.302 e. The van der Waals surface area contributed by atoms with Gasteiger partial charge in [-0.15, -0.1) is 0 Å². The zero-order chi connectivity index (χ0) is 8.85. The average molecular weight is 160 g/mol. The summed E-state index contributed by atoms with van der Waals surface area (Å²) >= 11 is 0. The maximum Gasteiger partial charge on any atom is 0.302 e. The van der Waals surface area contributed by atoms with Gasteiger partial charge in [0, 0.05) is 6.92 Å². The Balaban J connectivity index is 3.37. The van der Waals surface area contributed by atoms with Crippen molar-refractivity contribution in [2.24, 2.45) is 5.92 Å². The van der Waals surface area contributed by atoms with E-state index in [0.29, 0.717) is 12.3 Å². The second kappa shape index (κ2) is 5.13. The van der Waals surface area contributed by atoms with E-state index in [2.05, 4.69) is 4.74 Å². The summed E-state index contributed by atoms with van der Waals surface area (Å²) in [5, 5.41) is 9.19. The number of hydrogen-bond donors (Lipinski definition) is 1. The third-order valence-corrected chi connectivity index (χ3v) is 1.22. The lowest BCUT2D eigenvalue weighted by Gasteiger charge is -2.11. The molecule has 1 atom stereocenters. The number of ether oxygens (including phenoxy) is 1. The molecule has 0 bridgehead atoms. The van der Waals surface area contributed by atoms with Gasteiger partial charge in [-0.2, -0.15) is 0 Å². The van der Waals surface area contributed by atoms with Gasteiger partial charge in [-0.1, -0.05) is 13.8 Å². The molecule has 11 heavy (non-hydrogen) atoms. The summed E-state index contributed by atoms with van der Waals surface area (Å²) in [6.45, 7) is 5.48. The van der Waals surface area contributed by atoms with Crippen LogP contribution >= 0.6 is 0 Å². The topological polar surface area (TPSA) is 46.5 Å². The largest absolute Gasteiger partial charge is 0.463 e. The molecule has 1 N–H and O–H groups in total. The van der Waals surface area contributed by atoms with Crippen LogP contribution in [0.25, 0.3) is 0 Å². The average Bonchev–Trinajstić information content (AvgIpc) is 1.82. The highest BCUT2D eigenvalue weighted by Gasteiger charge is 2.07. The molecule has 0 aromatic carbocycles. The first-order valence-corrected chi connectivity index (χ1v) is 3.83. The van der Waals surface area contributed by atoms with Gasteiger partial charge in [-0.05, 0) is 12.3 Å². The van der Waals surface area contributed by atoms with Gasteiger partial charge in [-0.25, -0.2) is 0 Å². The molecule has 0 aliphatic heterocycles. The number of aliphatic hydroxyl groups excluding tert-OH is 1. The van der Waals surface area contributed by atoms with Crippen LogP contribution < -0.4 is 0 Å². The molecule has 0 radical (unpaired) electrons. The summed E-state index contributed by atoms with van der Waals surface area (Å²) in [6, 6.07) is 0. The van der Waals surface area contributed by atoms with Crippen molar-refractivity contribution >= 4 is 5.97 Å². The van der Waals surface area contributed by atoms with Crippen molar-refractivity contribution in [3.8, 4) is 0 Å². The van der Waals surface area contributed by atoms with Crippen LogP contribution in [0.4, 0.5) is 0 Å². The molecule has 0 fully saturated rings. The lowest BCUT2D eigenvalue weighted by molar-refractivity contribution is -0.144. The van der Waals surface area contributed by atoms with Crippen molar-refractivity contribution in [1.29, 1.82) is 0 Å². The van der Waals surface area contributed by atoms with Gasteiger partial charge >= 0.3 is 5.97 Å². The Morgan fingerprint density at radius 3 is 2.45 bits per heavy atom. The van der Waals surface area contributed by atoms with Crippen molar-refractivity contribution in [2.75, 3.05) is 6.61 Å². The predicted molar refractivity (Wildman–Crippen MR) is 42.1 cm³/mol. The fourth-order valence-electron chi connectivity index (χ4n) is 0.826. The minimum absolute atomic E-state index is 0.119. The van der Waals surface area contributed by atoms with E-state index in [-0.39, 0.29) is 12.6 Å². The minimum atomic E-state index is -0.515. The van der Waals surface area contributed by atoms with Gasteiger partial charge in [0.25, 0.3) is 0 Å². The molecule has 3 heteroatoms. The summed E-state index contributed by atoms with van der Waals surface area (Å²) in [5.74, 6) is 0.0911. The second-order valence-corrected chi connectivity index (χ2v) is 3.09. The number of rotatable bonds is 4. The predicted octanol–water partition coefficient (Wildman–Crippen LogP) is 0.956. The molecule has 0 aliphatic rings. The molecule has 0 saturated heterocycles. The highest BCUT2D eigenvalue weighted by molar-refractivity contribution is 5.65. The molecular formula is C8H16O3. The lowest BCUT2D eigenvalue weighted by Crippen LogP contribution is -2.19. The van der Waals surface area contributed by atoms with Gasteiger partial charge < -0.3 is 9.84 Å². The van der Waals surface area contributed by atoms with E-state index < -0.39 is 6.10 Å². The summed E-state index contributed by atoms with van der Waals surface area (Å²) in [5.41, 5.74) is 0. The Morgan fingerprint density at radius 2 is 2.09 bits per heavy atom. The highest BCUT2D eigenvalue weighted by atomic mass is 16.5. The first-order valence-electron chi connectivity index (χ1n) is 3.83. The van der Waals surface area contributed by atoms with Crippen molar-refractivity contribution in [1.82, 2.24) is 0 Å². The fourth-order valence-corrected chi connectivity index (χ4v) is 0.826. The van der Waals surface area contributed by atoms with Crippen LogP contribution in [0.1, 0.15) is 27.2 Å². The minimum Gasteiger partial charge on any atom is -0.463 e. The maximum absolute atomic E-state index is 10.3. The third kappa shape index (κ3) is 7.33. The van der Waals surface area contributed by atoms with Crippen molar-refractivity contribution in [3.05, 3.63) is 0 Å². The Labute approximate surface area is 67.4 Å². The van der Waals surface area contributed by atoms with Crippen molar-refractivity contribution < 1.29 is 14.6 Å². The molecule has 0 aromatic heterocycles. The molecule has 0 heterocycles. The Bertz CT molecular complexity index is 121. The van der Waals surface area contributed by atoms with Crippen LogP contribution in [-0.4, -0.2) is 23.8 Å². The van der Waals surface area contributed by atoms with Crippen LogP contribution in [0.5, 0.6) is 0 Å². The van der Waals surface area contributed by atoms with Crippen molar-refractivity contribution in [3.63, 3.8) is 0 Å². The molecule has 3 nitrogen and oxygen atoms in total. The summed E-state index contributed by atoms with van der Waals surface area (Å²) < 4.78 is 4.62. The van der Waals surface area contributed by atoms with Crippen LogP contribution in [0, 0.1) is 5.92 Å². The first-order chi connectivity index (χ1) is 5.02. The number of aliphatic hydroxyl groups is 1. The third-order valence-electron chi connectivity index (χ3n) is 1.22. The first kappa shape index (κ1) is 10.4. The van der Waals surface area contributed by atoms with Crippen LogP contribution in [-0.2, 0) is 9.53 Å². The molecule has 0 aromatic rings. The van der Waals surface area contributed by atoms with E-state index >= 15 is 0 Å².